The number of benzene rings is 1. The fourth-order valence-corrected chi connectivity index (χ4v) is 2.48. The molecule has 0 bridgehead atoms. The lowest BCUT2D eigenvalue weighted by atomic mass is 10.2. The van der Waals surface area contributed by atoms with Crippen LogP contribution in [-0.2, 0) is 16.6 Å². The van der Waals surface area contributed by atoms with E-state index in [9.17, 15) is 8.42 Å². The Morgan fingerprint density at radius 3 is 2.68 bits per heavy atom. The smallest absolute Gasteiger partial charge is 0.238 e. The van der Waals surface area contributed by atoms with Crippen LogP contribution in [0.2, 0.25) is 0 Å². The van der Waals surface area contributed by atoms with Gasteiger partial charge in [-0.05, 0) is 43.4 Å². The molecule has 2 rings (SSSR count). The van der Waals surface area contributed by atoms with E-state index in [1.165, 1.54) is 18.9 Å². The van der Waals surface area contributed by atoms with Crippen molar-refractivity contribution in [2.45, 2.75) is 31.2 Å². The molecule has 4 N–H and O–H groups in total. The Morgan fingerprint density at radius 1 is 1.36 bits per heavy atom. The van der Waals surface area contributed by atoms with Crippen LogP contribution in [0.3, 0.4) is 0 Å². The van der Waals surface area contributed by atoms with Gasteiger partial charge in [-0.2, -0.15) is 0 Å². The Balaban J connectivity index is 0.00000242. The van der Waals surface area contributed by atoms with Gasteiger partial charge in [0, 0.05) is 13.1 Å². The van der Waals surface area contributed by atoms with Gasteiger partial charge in [0.1, 0.15) is 0 Å². The van der Waals surface area contributed by atoms with Crippen molar-refractivity contribution in [1.82, 2.24) is 10.6 Å². The molecule has 1 aromatic rings. The summed E-state index contributed by atoms with van der Waals surface area (Å²) in [5.74, 6) is 1.52. The van der Waals surface area contributed by atoms with Crippen molar-refractivity contribution in [1.29, 1.82) is 0 Å². The molecule has 1 aromatic carbocycles. The van der Waals surface area contributed by atoms with Crippen molar-refractivity contribution in [3.05, 3.63) is 29.8 Å². The molecule has 6 nitrogen and oxygen atoms in total. The number of nitrogens with two attached hydrogens (primary N) is 1. The predicted octanol–water partition coefficient (Wildman–Crippen LogP) is 1.42. The van der Waals surface area contributed by atoms with Crippen LogP contribution >= 0.6 is 24.0 Å². The van der Waals surface area contributed by atoms with E-state index in [1.807, 2.05) is 13.0 Å². The summed E-state index contributed by atoms with van der Waals surface area (Å²) < 4.78 is 22.7. The minimum absolute atomic E-state index is 0. The van der Waals surface area contributed by atoms with Gasteiger partial charge >= 0.3 is 0 Å². The lowest BCUT2D eigenvalue weighted by molar-refractivity contribution is 0.597. The molecule has 22 heavy (non-hydrogen) atoms. The van der Waals surface area contributed by atoms with E-state index in [0.29, 0.717) is 6.54 Å². The van der Waals surface area contributed by atoms with Crippen LogP contribution in [0.15, 0.2) is 34.2 Å². The minimum Gasteiger partial charge on any atom is -0.357 e. The number of hydrogen-bond donors (Lipinski definition) is 3. The number of guanidine groups is 1. The van der Waals surface area contributed by atoms with Gasteiger partial charge in [-0.1, -0.05) is 12.1 Å². The molecular formula is C14H23IN4O2S. The van der Waals surface area contributed by atoms with Gasteiger partial charge < -0.3 is 10.6 Å². The minimum atomic E-state index is -3.67. The van der Waals surface area contributed by atoms with Crippen molar-refractivity contribution in [3.8, 4) is 0 Å². The summed E-state index contributed by atoms with van der Waals surface area (Å²) in [5, 5.41) is 11.6. The van der Waals surface area contributed by atoms with Gasteiger partial charge in [-0.3, -0.25) is 0 Å². The van der Waals surface area contributed by atoms with E-state index in [4.69, 9.17) is 5.14 Å². The van der Waals surface area contributed by atoms with Crippen LogP contribution < -0.4 is 15.8 Å². The van der Waals surface area contributed by atoms with Crippen LogP contribution in [0, 0.1) is 5.92 Å². The Hall–Kier alpha value is -0.870. The van der Waals surface area contributed by atoms with E-state index in [-0.39, 0.29) is 28.9 Å². The first-order valence-corrected chi connectivity index (χ1v) is 8.67. The maximum atomic E-state index is 11.3. The van der Waals surface area contributed by atoms with Crippen LogP contribution in [0.25, 0.3) is 0 Å². The van der Waals surface area contributed by atoms with Crippen LogP contribution in [0.4, 0.5) is 0 Å². The summed E-state index contributed by atoms with van der Waals surface area (Å²) in [7, 11) is -3.67. The fourth-order valence-electron chi connectivity index (χ4n) is 1.90. The molecule has 1 aliphatic rings. The van der Waals surface area contributed by atoms with Gasteiger partial charge in [-0.25, -0.2) is 18.5 Å². The molecule has 0 heterocycles. The predicted molar refractivity (Wildman–Crippen MR) is 98.8 cm³/mol. The molecule has 124 valence electrons. The molecular weight excluding hydrogens is 415 g/mol. The molecule has 0 unspecified atom stereocenters. The van der Waals surface area contributed by atoms with Crippen molar-refractivity contribution in [3.63, 3.8) is 0 Å². The zero-order valence-corrected chi connectivity index (χ0v) is 15.7. The fraction of sp³-hybridized carbons (Fsp3) is 0.500. The summed E-state index contributed by atoms with van der Waals surface area (Å²) in [6.45, 7) is 4.13. The number of primary sulfonamides is 1. The van der Waals surface area contributed by atoms with Gasteiger partial charge in [0.05, 0.1) is 11.4 Å². The third kappa shape index (κ3) is 6.49. The van der Waals surface area contributed by atoms with Crippen LogP contribution in [-0.4, -0.2) is 27.5 Å². The quantitative estimate of drug-likeness (QED) is 0.356. The number of nitrogens with zero attached hydrogens (tertiary/aromatic N) is 1. The average molecular weight is 438 g/mol. The first-order valence-electron chi connectivity index (χ1n) is 7.13. The molecule has 1 saturated carbocycles. The molecule has 0 amide bonds. The first kappa shape index (κ1) is 19.2. The summed E-state index contributed by atoms with van der Waals surface area (Å²) in [4.78, 5) is 4.58. The van der Waals surface area contributed by atoms with Crippen molar-refractivity contribution < 1.29 is 8.42 Å². The Morgan fingerprint density at radius 2 is 2.09 bits per heavy atom. The second kappa shape index (κ2) is 8.68. The van der Waals surface area contributed by atoms with Crippen LogP contribution in [0.1, 0.15) is 25.3 Å². The monoisotopic (exact) mass is 438 g/mol. The molecule has 8 heteroatoms. The van der Waals surface area contributed by atoms with Crippen molar-refractivity contribution in [2.24, 2.45) is 16.0 Å². The highest BCUT2D eigenvalue weighted by molar-refractivity contribution is 14.0. The standard InChI is InChI=1S/C14H22N4O2S.HI/c1-2-16-14(17-9-11-6-7-11)18-10-12-4-3-5-13(8-12)21(15,19)20;/h3-5,8,11H,2,6-7,9-10H2,1H3,(H2,15,19,20)(H2,16,17,18);1H. The number of aliphatic imine (C=N–C) groups is 1. The maximum absolute atomic E-state index is 11.3. The molecule has 1 fully saturated rings. The number of halogens is 1. The van der Waals surface area contributed by atoms with E-state index in [2.05, 4.69) is 15.6 Å². The number of rotatable bonds is 6. The Labute approximate surface area is 149 Å². The number of nitrogens with one attached hydrogen (secondary N) is 2. The second-order valence-electron chi connectivity index (χ2n) is 5.21. The lowest BCUT2D eigenvalue weighted by Crippen LogP contribution is -2.38. The Kier molecular flexibility index (Phi) is 7.57. The molecule has 0 atom stereocenters. The summed E-state index contributed by atoms with van der Waals surface area (Å²) >= 11 is 0. The molecule has 0 aromatic heterocycles. The topological polar surface area (TPSA) is 96.6 Å². The van der Waals surface area contributed by atoms with Gasteiger partial charge in [0.15, 0.2) is 5.96 Å². The van der Waals surface area contributed by atoms with Crippen LogP contribution in [0.5, 0.6) is 0 Å². The van der Waals surface area contributed by atoms with E-state index >= 15 is 0 Å². The van der Waals surface area contributed by atoms with Gasteiger partial charge in [0.2, 0.25) is 10.0 Å². The third-order valence-electron chi connectivity index (χ3n) is 3.25. The number of hydrogen-bond acceptors (Lipinski definition) is 3. The molecule has 0 aliphatic heterocycles. The number of sulfonamides is 1. The maximum Gasteiger partial charge on any atom is 0.238 e. The van der Waals surface area contributed by atoms with Crippen molar-refractivity contribution >= 4 is 40.0 Å². The molecule has 0 spiro atoms. The average Bonchev–Trinajstić information content (AvgIpc) is 3.25. The van der Waals surface area contributed by atoms with Gasteiger partial charge in [0.25, 0.3) is 0 Å². The highest BCUT2D eigenvalue weighted by Gasteiger charge is 2.21. The second-order valence-corrected chi connectivity index (χ2v) is 6.77. The molecule has 0 saturated heterocycles. The summed E-state index contributed by atoms with van der Waals surface area (Å²) in [6, 6.07) is 6.56. The molecule has 0 radical (unpaired) electrons. The van der Waals surface area contributed by atoms with E-state index in [0.717, 1.165) is 30.5 Å². The normalized spacial score (nSPS) is 15.1. The highest BCUT2D eigenvalue weighted by Crippen LogP contribution is 2.27. The zero-order chi connectivity index (χ0) is 15.3. The first-order chi connectivity index (χ1) is 9.99. The van der Waals surface area contributed by atoms with Gasteiger partial charge in [-0.15, -0.1) is 24.0 Å². The summed E-state index contributed by atoms with van der Waals surface area (Å²) in [6.07, 6.45) is 2.56. The lowest BCUT2D eigenvalue weighted by Gasteiger charge is -2.10. The SMILES string of the molecule is CCNC(=NCc1cccc(S(N)(=O)=O)c1)NCC1CC1.I. The largest absolute Gasteiger partial charge is 0.357 e. The Bertz CT molecular complexity index is 615. The van der Waals surface area contributed by atoms with Crippen molar-refractivity contribution in [2.75, 3.05) is 13.1 Å². The van der Waals surface area contributed by atoms with E-state index in [1.54, 1.807) is 12.1 Å². The van der Waals surface area contributed by atoms with E-state index < -0.39 is 10.0 Å². The summed E-state index contributed by atoms with van der Waals surface area (Å²) in [5.41, 5.74) is 0.810. The zero-order valence-electron chi connectivity index (χ0n) is 12.6. The highest BCUT2D eigenvalue weighted by atomic mass is 127. The molecule has 1 aliphatic carbocycles. The third-order valence-corrected chi connectivity index (χ3v) is 4.16.